The zero-order valence-corrected chi connectivity index (χ0v) is 7.68. The van der Waals surface area contributed by atoms with Crippen LogP contribution in [0, 0.1) is 0 Å². The third-order valence-electron chi connectivity index (χ3n) is 2.95. The Morgan fingerprint density at radius 1 is 1.08 bits per heavy atom. The van der Waals surface area contributed by atoms with Crippen molar-refractivity contribution in [3.8, 4) is 5.88 Å². The second-order valence-electron chi connectivity index (χ2n) is 3.86. The number of ether oxygens (including phenoxy) is 1. The highest BCUT2D eigenvalue weighted by molar-refractivity contribution is 5.37. The summed E-state index contributed by atoms with van der Waals surface area (Å²) in [6, 6.07) is 2.31. The molecule has 1 aromatic rings. The maximum Gasteiger partial charge on any atom is 0.216 e. The van der Waals surface area contributed by atoms with Gasteiger partial charge in [-0.2, -0.15) is 0 Å². The minimum absolute atomic E-state index is 0.825. The zero-order chi connectivity index (χ0) is 8.67. The van der Waals surface area contributed by atoms with E-state index in [-0.39, 0.29) is 0 Å². The summed E-state index contributed by atoms with van der Waals surface area (Å²) >= 11 is 0. The van der Waals surface area contributed by atoms with E-state index in [1.165, 1.54) is 36.1 Å². The highest BCUT2D eigenvalue weighted by Crippen LogP contribution is 2.28. The average Bonchev–Trinajstić information content (AvgIpc) is 2.61. The summed E-state index contributed by atoms with van der Waals surface area (Å²) in [4.78, 5) is 4.57. The van der Waals surface area contributed by atoms with Crippen LogP contribution in [0.15, 0.2) is 6.07 Å². The molecule has 0 fully saturated rings. The van der Waals surface area contributed by atoms with Crippen LogP contribution in [0.5, 0.6) is 5.88 Å². The van der Waals surface area contributed by atoms with E-state index < -0.39 is 0 Å². The van der Waals surface area contributed by atoms with Gasteiger partial charge in [0.15, 0.2) is 0 Å². The molecule has 0 atom stereocenters. The van der Waals surface area contributed by atoms with Gasteiger partial charge in [-0.1, -0.05) is 0 Å². The van der Waals surface area contributed by atoms with Gasteiger partial charge in [-0.25, -0.2) is 4.98 Å². The molecular formula is C11H13NO. The van der Waals surface area contributed by atoms with Gasteiger partial charge in [0.1, 0.15) is 0 Å². The van der Waals surface area contributed by atoms with Gasteiger partial charge in [-0.3, -0.25) is 0 Å². The van der Waals surface area contributed by atoms with Crippen molar-refractivity contribution in [1.82, 2.24) is 4.98 Å². The minimum Gasteiger partial charge on any atom is -0.477 e. The lowest BCUT2D eigenvalue weighted by Crippen LogP contribution is -2.05. The van der Waals surface area contributed by atoms with Gasteiger partial charge in [0, 0.05) is 17.7 Å². The molecule has 0 amide bonds. The molecule has 2 heterocycles. The Morgan fingerprint density at radius 3 is 3.00 bits per heavy atom. The summed E-state index contributed by atoms with van der Waals surface area (Å²) in [5, 5.41) is 0. The second-order valence-corrected chi connectivity index (χ2v) is 3.86. The van der Waals surface area contributed by atoms with Crippen LogP contribution >= 0.6 is 0 Å². The molecule has 2 aliphatic rings. The number of aryl methyl sites for hydroxylation is 2. The van der Waals surface area contributed by atoms with Gasteiger partial charge in [-0.05, 0) is 37.3 Å². The van der Waals surface area contributed by atoms with Gasteiger partial charge >= 0.3 is 0 Å². The average molecular weight is 175 g/mol. The molecule has 0 N–H and O–H groups in total. The Morgan fingerprint density at radius 2 is 2.00 bits per heavy atom. The van der Waals surface area contributed by atoms with Crippen molar-refractivity contribution < 1.29 is 4.74 Å². The molecule has 13 heavy (non-hydrogen) atoms. The number of aromatic nitrogens is 1. The number of nitrogens with zero attached hydrogens (tertiary/aromatic N) is 1. The quantitative estimate of drug-likeness (QED) is 0.600. The Bertz CT molecular complexity index is 313. The van der Waals surface area contributed by atoms with E-state index in [0.717, 1.165) is 25.3 Å². The lowest BCUT2D eigenvalue weighted by atomic mass is 9.95. The van der Waals surface area contributed by atoms with E-state index in [4.69, 9.17) is 4.74 Å². The summed E-state index contributed by atoms with van der Waals surface area (Å²) < 4.78 is 5.45. The van der Waals surface area contributed by atoms with Crippen molar-refractivity contribution >= 4 is 0 Å². The first-order valence-electron chi connectivity index (χ1n) is 5.08. The monoisotopic (exact) mass is 175 g/mol. The second kappa shape index (κ2) is 2.72. The first-order chi connectivity index (χ1) is 6.43. The van der Waals surface area contributed by atoms with Crippen LogP contribution in [0.1, 0.15) is 29.7 Å². The molecule has 0 spiro atoms. The molecule has 1 aromatic heterocycles. The van der Waals surface area contributed by atoms with Gasteiger partial charge in [0.25, 0.3) is 0 Å². The third kappa shape index (κ3) is 1.12. The van der Waals surface area contributed by atoms with E-state index >= 15 is 0 Å². The molecule has 2 nitrogen and oxygen atoms in total. The number of fused-ring (bicyclic) bond motifs is 2. The summed E-state index contributed by atoms with van der Waals surface area (Å²) in [5.41, 5.74) is 4.07. The van der Waals surface area contributed by atoms with E-state index in [0.29, 0.717) is 0 Å². The van der Waals surface area contributed by atoms with Crippen LogP contribution in [-0.2, 0) is 19.3 Å². The molecule has 0 aromatic carbocycles. The van der Waals surface area contributed by atoms with Crippen LogP contribution < -0.4 is 4.74 Å². The lowest BCUT2D eigenvalue weighted by Gasteiger charge is -2.15. The standard InChI is InChI=1S/C11H13NO/c1-2-4-10-8(3-1)7-9-5-6-13-11(9)12-10/h7H,1-6H2. The molecule has 1 aliphatic heterocycles. The fourth-order valence-electron chi connectivity index (χ4n) is 2.22. The number of hydrogen-bond donors (Lipinski definition) is 0. The number of hydrogen-bond acceptors (Lipinski definition) is 2. The fourth-order valence-corrected chi connectivity index (χ4v) is 2.22. The van der Waals surface area contributed by atoms with Gasteiger partial charge in [0.2, 0.25) is 5.88 Å². The third-order valence-corrected chi connectivity index (χ3v) is 2.95. The predicted octanol–water partition coefficient (Wildman–Crippen LogP) is 1.90. The van der Waals surface area contributed by atoms with Crippen LogP contribution in [0.25, 0.3) is 0 Å². The van der Waals surface area contributed by atoms with Crippen molar-refractivity contribution in [1.29, 1.82) is 0 Å². The predicted molar refractivity (Wildman–Crippen MR) is 50.1 cm³/mol. The normalized spacial score (nSPS) is 19.1. The highest BCUT2D eigenvalue weighted by atomic mass is 16.5. The smallest absolute Gasteiger partial charge is 0.216 e. The molecule has 3 rings (SSSR count). The van der Waals surface area contributed by atoms with E-state index in [1.54, 1.807) is 0 Å². The Hall–Kier alpha value is -1.05. The Kier molecular flexibility index (Phi) is 1.54. The Labute approximate surface area is 77.9 Å². The minimum atomic E-state index is 0.825. The molecule has 0 bridgehead atoms. The summed E-state index contributed by atoms with van der Waals surface area (Å²) in [5.74, 6) is 0.903. The molecular weight excluding hydrogens is 162 g/mol. The first-order valence-corrected chi connectivity index (χ1v) is 5.08. The van der Waals surface area contributed by atoms with Crippen molar-refractivity contribution in [2.45, 2.75) is 32.1 Å². The largest absolute Gasteiger partial charge is 0.477 e. The maximum atomic E-state index is 5.45. The number of rotatable bonds is 0. The zero-order valence-electron chi connectivity index (χ0n) is 7.68. The summed E-state index contributed by atoms with van der Waals surface area (Å²) in [6.07, 6.45) is 6.03. The van der Waals surface area contributed by atoms with E-state index in [9.17, 15) is 0 Å². The van der Waals surface area contributed by atoms with Crippen molar-refractivity contribution in [3.05, 3.63) is 22.9 Å². The van der Waals surface area contributed by atoms with Crippen molar-refractivity contribution in [3.63, 3.8) is 0 Å². The molecule has 0 radical (unpaired) electrons. The molecule has 68 valence electrons. The Balaban J connectivity index is 2.11. The summed E-state index contributed by atoms with van der Waals surface area (Å²) in [6.45, 7) is 0.825. The van der Waals surface area contributed by atoms with Crippen LogP contribution in [0.2, 0.25) is 0 Å². The fraction of sp³-hybridized carbons (Fsp3) is 0.545. The SMILES string of the molecule is c1c2c(nc3c1CCO3)CCCC2. The van der Waals surface area contributed by atoms with Crippen molar-refractivity contribution in [2.75, 3.05) is 6.61 Å². The van der Waals surface area contributed by atoms with Crippen molar-refractivity contribution in [2.24, 2.45) is 0 Å². The van der Waals surface area contributed by atoms with Gasteiger partial charge < -0.3 is 4.74 Å². The highest BCUT2D eigenvalue weighted by Gasteiger charge is 2.19. The maximum absolute atomic E-state index is 5.45. The lowest BCUT2D eigenvalue weighted by molar-refractivity contribution is 0.343. The van der Waals surface area contributed by atoms with E-state index in [2.05, 4.69) is 11.1 Å². The summed E-state index contributed by atoms with van der Waals surface area (Å²) in [7, 11) is 0. The van der Waals surface area contributed by atoms with Crippen LogP contribution in [0.4, 0.5) is 0 Å². The van der Waals surface area contributed by atoms with Crippen LogP contribution in [-0.4, -0.2) is 11.6 Å². The molecule has 0 saturated carbocycles. The van der Waals surface area contributed by atoms with Gasteiger partial charge in [-0.15, -0.1) is 0 Å². The van der Waals surface area contributed by atoms with E-state index in [1.807, 2.05) is 0 Å². The topological polar surface area (TPSA) is 22.1 Å². The first kappa shape index (κ1) is 7.36. The number of pyridine rings is 1. The molecule has 1 aliphatic carbocycles. The molecule has 0 saturated heterocycles. The molecule has 0 unspecified atom stereocenters. The molecule has 2 heteroatoms. The van der Waals surface area contributed by atoms with Gasteiger partial charge in [0.05, 0.1) is 6.61 Å². The van der Waals surface area contributed by atoms with Crippen LogP contribution in [0.3, 0.4) is 0 Å².